The van der Waals surface area contributed by atoms with E-state index in [1.54, 1.807) is 5.32 Å². The standard InChI is InChI=1S/C22H15BF6N8O2/c23-17-15(19(38)32-8-21(24,25)26)14(16-18(30)33-9-34-37(16)17)10-1-3-12(4-2-10)35-20(39)36-13-7-11(5-6-31-13)22(27,28)29/h1-7,9H,8H2,(H,32,38)(H2,30,33,34)(H2,31,35,36,39). The molecule has 17 heteroatoms. The molecule has 4 rings (SSSR count). The van der Waals surface area contributed by atoms with E-state index in [9.17, 15) is 35.9 Å². The first kappa shape index (κ1) is 27.2. The van der Waals surface area contributed by atoms with Crippen molar-refractivity contribution in [2.45, 2.75) is 12.4 Å². The summed E-state index contributed by atoms with van der Waals surface area (Å²) in [7, 11) is 6.03. The molecule has 0 aliphatic rings. The number of hydrogen-bond donors (Lipinski definition) is 4. The Balaban J connectivity index is 1.61. The molecule has 3 heterocycles. The Labute approximate surface area is 216 Å². The quantitative estimate of drug-likeness (QED) is 0.223. The lowest BCUT2D eigenvalue weighted by atomic mass is 9.93. The number of urea groups is 1. The highest BCUT2D eigenvalue weighted by atomic mass is 19.4. The lowest BCUT2D eigenvalue weighted by Gasteiger charge is -2.12. The third-order valence-corrected chi connectivity index (χ3v) is 5.23. The van der Waals surface area contributed by atoms with Crippen LogP contribution in [0.5, 0.6) is 0 Å². The zero-order chi connectivity index (χ0) is 28.5. The molecule has 0 aliphatic heterocycles. The summed E-state index contributed by atoms with van der Waals surface area (Å²) in [5.74, 6) is -1.60. The maximum Gasteiger partial charge on any atom is 0.416 e. The van der Waals surface area contributed by atoms with Crippen LogP contribution in [0.25, 0.3) is 16.6 Å². The summed E-state index contributed by atoms with van der Waals surface area (Å²) < 4.78 is 77.8. The number of nitrogen functional groups attached to an aromatic ring is 1. The van der Waals surface area contributed by atoms with Crippen molar-refractivity contribution in [2.24, 2.45) is 0 Å². The van der Waals surface area contributed by atoms with Crippen molar-refractivity contribution in [3.8, 4) is 11.1 Å². The lowest BCUT2D eigenvalue weighted by molar-refractivity contribution is -0.137. The molecule has 0 bridgehead atoms. The number of alkyl halides is 6. The molecule has 10 nitrogen and oxygen atoms in total. The van der Waals surface area contributed by atoms with Gasteiger partial charge in [-0.25, -0.2) is 19.3 Å². The van der Waals surface area contributed by atoms with E-state index in [4.69, 9.17) is 13.6 Å². The zero-order valence-corrected chi connectivity index (χ0v) is 19.4. The molecule has 0 saturated carbocycles. The van der Waals surface area contributed by atoms with Crippen LogP contribution in [0.4, 0.5) is 48.5 Å². The van der Waals surface area contributed by atoms with E-state index in [1.165, 1.54) is 24.3 Å². The molecule has 0 unspecified atom stereocenters. The number of amides is 3. The van der Waals surface area contributed by atoms with Crippen LogP contribution in [0.2, 0.25) is 0 Å². The lowest BCUT2D eigenvalue weighted by Crippen LogP contribution is -2.36. The summed E-state index contributed by atoms with van der Waals surface area (Å²) in [6, 6.07) is 6.04. The summed E-state index contributed by atoms with van der Waals surface area (Å²) in [5.41, 5.74) is 4.84. The van der Waals surface area contributed by atoms with Crippen LogP contribution in [0.1, 0.15) is 15.9 Å². The van der Waals surface area contributed by atoms with Crippen LogP contribution < -0.4 is 27.3 Å². The molecule has 3 aromatic heterocycles. The highest BCUT2D eigenvalue weighted by Gasteiger charge is 2.32. The first-order valence-corrected chi connectivity index (χ1v) is 10.7. The number of carbonyl (C=O) groups is 2. The number of hydrogen-bond acceptors (Lipinski definition) is 6. The summed E-state index contributed by atoms with van der Waals surface area (Å²) in [6.45, 7) is -1.61. The average molecular weight is 548 g/mol. The van der Waals surface area contributed by atoms with Gasteiger partial charge >= 0.3 is 18.4 Å². The number of aromatic nitrogens is 4. The molecular weight excluding hydrogens is 533 g/mol. The maximum atomic E-state index is 12.9. The van der Waals surface area contributed by atoms with Gasteiger partial charge in [-0.3, -0.25) is 10.1 Å². The van der Waals surface area contributed by atoms with Gasteiger partial charge in [0.1, 0.15) is 32.1 Å². The predicted octanol–water partition coefficient (Wildman–Crippen LogP) is 3.12. The van der Waals surface area contributed by atoms with Gasteiger partial charge in [0.05, 0.1) is 11.1 Å². The highest BCUT2D eigenvalue weighted by molar-refractivity contribution is 6.38. The number of fused-ring (bicyclic) bond motifs is 1. The first-order valence-electron chi connectivity index (χ1n) is 10.7. The van der Waals surface area contributed by atoms with E-state index in [-0.39, 0.29) is 45.1 Å². The van der Waals surface area contributed by atoms with Gasteiger partial charge in [-0.05, 0) is 29.8 Å². The minimum absolute atomic E-state index is 0.0365. The van der Waals surface area contributed by atoms with Gasteiger partial charge in [-0.1, -0.05) is 12.1 Å². The van der Waals surface area contributed by atoms with Gasteiger partial charge in [-0.2, -0.15) is 31.4 Å². The van der Waals surface area contributed by atoms with Crippen molar-refractivity contribution in [2.75, 3.05) is 22.9 Å². The highest BCUT2D eigenvalue weighted by Crippen LogP contribution is 2.32. The van der Waals surface area contributed by atoms with E-state index in [1.807, 2.05) is 0 Å². The van der Waals surface area contributed by atoms with Crippen LogP contribution in [0.15, 0.2) is 48.9 Å². The second-order valence-corrected chi connectivity index (χ2v) is 7.92. The smallest absolute Gasteiger partial charge is 0.382 e. The molecule has 2 radical (unpaired) electrons. The number of halogens is 6. The average Bonchev–Trinajstić information content (AvgIpc) is 3.16. The van der Waals surface area contributed by atoms with Crippen LogP contribution in [-0.4, -0.2) is 52.1 Å². The molecule has 4 aromatic rings. The van der Waals surface area contributed by atoms with Gasteiger partial charge < -0.3 is 16.4 Å². The van der Waals surface area contributed by atoms with E-state index < -0.39 is 36.4 Å². The second kappa shape index (κ2) is 10.1. The Bertz CT molecular complexity index is 1550. The fourth-order valence-electron chi connectivity index (χ4n) is 3.59. The minimum atomic E-state index is -4.68. The largest absolute Gasteiger partial charge is 0.416 e. The van der Waals surface area contributed by atoms with Gasteiger partial charge in [-0.15, -0.1) is 0 Å². The van der Waals surface area contributed by atoms with Crippen LogP contribution >= 0.6 is 0 Å². The van der Waals surface area contributed by atoms with Crippen molar-refractivity contribution in [1.82, 2.24) is 24.9 Å². The molecule has 39 heavy (non-hydrogen) atoms. The summed E-state index contributed by atoms with van der Waals surface area (Å²) >= 11 is 0. The van der Waals surface area contributed by atoms with Gasteiger partial charge in [0.2, 0.25) is 0 Å². The van der Waals surface area contributed by atoms with E-state index in [0.717, 1.165) is 23.1 Å². The summed E-state index contributed by atoms with van der Waals surface area (Å²) in [5, 5.41) is 10.2. The molecule has 5 N–H and O–H groups in total. The first-order chi connectivity index (χ1) is 18.2. The number of pyridine rings is 1. The van der Waals surface area contributed by atoms with Crippen LogP contribution in [-0.2, 0) is 6.18 Å². The Morgan fingerprint density at radius 1 is 1.00 bits per heavy atom. The molecule has 0 spiro atoms. The summed E-state index contributed by atoms with van der Waals surface area (Å²) in [6.07, 6.45) is -7.38. The second-order valence-electron chi connectivity index (χ2n) is 7.92. The third-order valence-electron chi connectivity index (χ3n) is 5.23. The Morgan fingerprint density at radius 3 is 2.33 bits per heavy atom. The van der Waals surface area contributed by atoms with Crippen molar-refractivity contribution < 1.29 is 35.9 Å². The van der Waals surface area contributed by atoms with Gasteiger partial charge in [0, 0.05) is 23.0 Å². The molecule has 200 valence electrons. The van der Waals surface area contributed by atoms with Gasteiger partial charge in [0.25, 0.3) is 5.91 Å². The van der Waals surface area contributed by atoms with Gasteiger partial charge in [0.15, 0.2) is 5.82 Å². The summed E-state index contributed by atoms with van der Waals surface area (Å²) in [4.78, 5) is 32.5. The van der Waals surface area contributed by atoms with Crippen molar-refractivity contribution in [1.29, 1.82) is 0 Å². The minimum Gasteiger partial charge on any atom is -0.382 e. The number of carbonyl (C=O) groups excluding carboxylic acids is 2. The van der Waals surface area contributed by atoms with Crippen LogP contribution in [0.3, 0.4) is 0 Å². The molecule has 0 aliphatic carbocycles. The normalized spacial score (nSPS) is 11.8. The molecule has 3 amide bonds. The van der Waals surface area contributed by atoms with E-state index in [2.05, 4.69) is 25.7 Å². The Morgan fingerprint density at radius 2 is 1.69 bits per heavy atom. The molecule has 1 aromatic carbocycles. The maximum absolute atomic E-state index is 12.9. The molecule has 0 atom stereocenters. The number of nitrogens with two attached hydrogens (primary N) is 1. The van der Waals surface area contributed by atoms with Crippen molar-refractivity contribution >= 4 is 48.2 Å². The number of nitrogens with one attached hydrogen (secondary N) is 3. The predicted molar refractivity (Wildman–Crippen MR) is 128 cm³/mol. The zero-order valence-electron chi connectivity index (χ0n) is 19.4. The number of rotatable bonds is 5. The SMILES string of the molecule is [B]c1c(C(=O)NCC(F)(F)F)c(-c2ccc(NC(=O)Nc3cc(C(F)(F)F)ccn3)cc2)c2c(N)ncnn12. The molecular formula is C22H15BF6N8O2. The number of anilines is 3. The fraction of sp³-hybridized carbons (Fsp3) is 0.136. The Kier molecular flexibility index (Phi) is 7.08. The van der Waals surface area contributed by atoms with Crippen LogP contribution in [0, 0.1) is 0 Å². The number of nitrogens with zero attached hydrogens (tertiary/aromatic N) is 4. The third kappa shape index (κ3) is 6.02. The monoisotopic (exact) mass is 548 g/mol. The molecule has 0 fully saturated rings. The van der Waals surface area contributed by atoms with Crippen molar-refractivity contribution in [3.05, 3.63) is 60.0 Å². The van der Waals surface area contributed by atoms with E-state index in [0.29, 0.717) is 6.07 Å². The Hall–Kier alpha value is -4.83. The fourth-order valence-corrected chi connectivity index (χ4v) is 3.59. The number of benzene rings is 1. The topological polar surface area (TPSA) is 139 Å². The van der Waals surface area contributed by atoms with Crippen molar-refractivity contribution in [3.63, 3.8) is 0 Å². The van der Waals surface area contributed by atoms with E-state index >= 15 is 0 Å². The molecule has 0 saturated heterocycles.